The number of fused-ring (bicyclic) bond motifs is 1. The first kappa shape index (κ1) is 6.85. The fourth-order valence-corrected chi connectivity index (χ4v) is 1.62. The highest BCUT2D eigenvalue weighted by Gasteiger charge is 2.16. The van der Waals surface area contributed by atoms with Gasteiger partial charge in [-0.2, -0.15) is 5.10 Å². The minimum atomic E-state index is 0.641. The maximum atomic E-state index is 5.59. The van der Waals surface area contributed by atoms with Crippen LogP contribution in [0.1, 0.15) is 12.1 Å². The number of hydrogen-bond acceptors (Lipinski definition) is 2. The van der Waals surface area contributed by atoms with Crippen molar-refractivity contribution >= 4 is 0 Å². The zero-order valence-corrected chi connectivity index (χ0v) is 6.53. The largest absolute Gasteiger partial charge is 0.330 e. The Morgan fingerprint density at radius 2 is 2.64 bits per heavy atom. The molecule has 0 spiro atoms. The maximum absolute atomic E-state index is 5.59. The molecule has 0 saturated heterocycles. The Balaban J connectivity index is 2.18. The van der Waals surface area contributed by atoms with E-state index in [-0.39, 0.29) is 0 Å². The van der Waals surface area contributed by atoms with Gasteiger partial charge in [-0.25, -0.2) is 0 Å². The number of aromatic nitrogens is 2. The molecule has 1 unspecified atom stereocenters. The minimum absolute atomic E-state index is 0.641. The zero-order chi connectivity index (χ0) is 7.68. The molecule has 1 aromatic rings. The van der Waals surface area contributed by atoms with Gasteiger partial charge in [-0.15, -0.1) is 0 Å². The van der Waals surface area contributed by atoms with Gasteiger partial charge < -0.3 is 5.73 Å². The minimum Gasteiger partial charge on any atom is -0.330 e. The molecule has 11 heavy (non-hydrogen) atoms. The Morgan fingerprint density at radius 3 is 3.45 bits per heavy atom. The molecule has 3 heteroatoms. The molecule has 1 aliphatic heterocycles. The van der Waals surface area contributed by atoms with Gasteiger partial charge in [-0.3, -0.25) is 4.68 Å². The Labute approximate surface area is 66.2 Å². The molecule has 0 fully saturated rings. The van der Waals surface area contributed by atoms with Crippen molar-refractivity contribution in [1.82, 2.24) is 9.78 Å². The molecular formula is C8H13N3. The van der Waals surface area contributed by atoms with Gasteiger partial charge in [-0.1, -0.05) is 0 Å². The maximum Gasteiger partial charge on any atom is 0.0492 e. The Morgan fingerprint density at radius 1 is 1.73 bits per heavy atom. The Kier molecular flexibility index (Phi) is 1.66. The molecule has 1 aromatic heterocycles. The summed E-state index contributed by atoms with van der Waals surface area (Å²) in [6.45, 7) is 1.80. The SMILES string of the molecule is NCC1CCc2ccnn2C1. The Hall–Kier alpha value is -0.830. The van der Waals surface area contributed by atoms with Crippen molar-refractivity contribution in [2.24, 2.45) is 11.7 Å². The summed E-state index contributed by atoms with van der Waals surface area (Å²) >= 11 is 0. The molecule has 0 aromatic carbocycles. The van der Waals surface area contributed by atoms with E-state index in [1.54, 1.807) is 0 Å². The second-order valence-corrected chi connectivity index (χ2v) is 3.15. The van der Waals surface area contributed by atoms with E-state index in [0.717, 1.165) is 19.5 Å². The number of aryl methyl sites for hydroxylation is 1. The fraction of sp³-hybridized carbons (Fsp3) is 0.625. The van der Waals surface area contributed by atoms with Crippen molar-refractivity contribution in [2.45, 2.75) is 19.4 Å². The van der Waals surface area contributed by atoms with E-state index < -0.39 is 0 Å². The first-order valence-electron chi connectivity index (χ1n) is 4.11. The third-order valence-electron chi connectivity index (χ3n) is 2.38. The molecule has 0 saturated carbocycles. The summed E-state index contributed by atoms with van der Waals surface area (Å²) in [6, 6.07) is 2.09. The van der Waals surface area contributed by atoms with Gasteiger partial charge in [-0.05, 0) is 31.4 Å². The highest BCUT2D eigenvalue weighted by molar-refractivity contribution is 5.03. The average Bonchev–Trinajstić information content (AvgIpc) is 2.50. The van der Waals surface area contributed by atoms with Crippen molar-refractivity contribution in [1.29, 1.82) is 0 Å². The molecule has 0 bridgehead atoms. The van der Waals surface area contributed by atoms with Crippen molar-refractivity contribution in [3.63, 3.8) is 0 Å². The second kappa shape index (κ2) is 2.66. The van der Waals surface area contributed by atoms with Crippen LogP contribution in [0.4, 0.5) is 0 Å². The van der Waals surface area contributed by atoms with Gasteiger partial charge in [0.15, 0.2) is 0 Å². The lowest BCUT2D eigenvalue weighted by molar-refractivity contribution is 0.354. The lowest BCUT2D eigenvalue weighted by Gasteiger charge is -2.21. The lowest BCUT2D eigenvalue weighted by atomic mass is 9.99. The number of hydrogen-bond donors (Lipinski definition) is 1. The quantitative estimate of drug-likeness (QED) is 0.631. The molecule has 1 atom stereocenters. The molecule has 60 valence electrons. The van der Waals surface area contributed by atoms with Crippen LogP contribution in [-0.2, 0) is 13.0 Å². The molecule has 2 heterocycles. The predicted octanol–water partition coefficient (Wildman–Crippen LogP) is 0.404. The molecule has 3 nitrogen and oxygen atoms in total. The summed E-state index contributed by atoms with van der Waals surface area (Å²) in [4.78, 5) is 0. The molecule has 0 amide bonds. The van der Waals surface area contributed by atoms with Crippen molar-refractivity contribution < 1.29 is 0 Å². The van der Waals surface area contributed by atoms with E-state index in [2.05, 4.69) is 15.8 Å². The summed E-state index contributed by atoms with van der Waals surface area (Å²) in [5.74, 6) is 0.641. The summed E-state index contributed by atoms with van der Waals surface area (Å²) in [6.07, 6.45) is 4.23. The molecule has 0 radical (unpaired) electrons. The first-order chi connectivity index (χ1) is 5.40. The highest BCUT2D eigenvalue weighted by atomic mass is 15.3. The van der Waals surface area contributed by atoms with E-state index in [0.29, 0.717) is 5.92 Å². The number of rotatable bonds is 1. The summed E-state index contributed by atoms with van der Waals surface area (Å²) < 4.78 is 2.07. The number of nitrogens with zero attached hydrogens (tertiary/aromatic N) is 2. The van der Waals surface area contributed by atoms with Crippen LogP contribution in [0, 0.1) is 5.92 Å². The summed E-state index contributed by atoms with van der Waals surface area (Å²) in [5, 5.41) is 4.22. The van der Waals surface area contributed by atoms with E-state index in [4.69, 9.17) is 5.73 Å². The first-order valence-corrected chi connectivity index (χ1v) is 4.11. The van der Waals surface area contributed by atoms with E-state index in [1.165, 1.54) is 12.1 Å². The molecule has 1 aliphatic rings. The second-order valence-electron chi connectivity index (χ2n) is 3.15. The van der Waals surface area contributed by atoms with Gasteiger partial charge >= 0.3 is 0 Å². The predicted molar refractivity (Wildman–Crippen MR) is 43.1 cm³/mol. The fourth-order valence-electron chi connectivity index (χ4n) is 1.62. The van der Waals surface area contributed by atoms with Crippen LogP contribution in [0.5, 0.6) is 0 Å². The van der Waals surface area contributed by atoms with Crippen LogP contribution >= 0.6 is 0 Å². The normalized spacial score (nSPS) is 23.2. The van der Waals surface area contributed by atoms with Crippen LogP contribution in [0.15, 0.2) is 12.3 Å². The van der Waals surface area contributed by atoms with Gasteiger partial charge in [0.1, 0.15) is 0 Å². The molecular weight excluding hydrogens is 138 g/mol. The molecule has 2 N–H and O–H groups in total. The van der Waals surface area contributed by atoms with Crippen LogP contribution in [0.2, 0.25) is 0 Å². The molecule has 0 aliphatic carbocycles. The van der Waals surface area contributed by atoms with E-state index in [9.17, 15) is 0 Å². The number of nitrogens with two attached hydrogens (primary N) is 1. The van der Waals surface area contributed by atoms with E-state index in [1.807, 2.05) is 6.20 Å². The summed E-state index contributed by atoms with van der Waals surface area (Å²) in [7, 11) is 0. The average molecular weight is 151 g/mol. The van der Waals surface area contributed by atoms with Crippen molar-refractivity contribution in [2.75, 3.05) is 6.54 Å². The van der Waals surface area contributed by atoms with Crippen LogP contribution in [0.25, 0.3) is 0 Å². The Bertz CT molecular complexity index is 241. The zero-order valence-electron chi connectivity index (χ0n) is 6.53. The van der Waals surface area contributed by atoms with Crippen molar-refractivity contribution in [3.05, 3.63) is 18.0 Å². The third-order valence-corrected chi connectivity index (χ3v) is 2.38. The van der Waals surface area contributed by atoms with Gasteiger partial charge in [0.2, 0.25) is 0 Å². The van der Waals surface area contributed by atoms with Gasteiger partial charge in [0.25, 0.3) is 0 Å². The van der Waals surface area contributed by atoms with Gasteiger partial charge in [0, 0.05) is 18.4 Å². The van der Waals surface area contributed by atoms with E-state index >= 15 is 0 Å². The highest BCUT2D eigenvalue weighted by Crippen LogP contribution is 2.17. The van der Waals surface area contributed by atoms with Crippen LogP contribution < -0.4 is 5.73 Å². The monoisotopic (exact) mass is 151 g/mol. The summed E-state index contributed by atoms with van der Waals surface area (Å²) in [5.41, 5.74) is 6.94. The topological polar surface area (TPSA) is 43.8 Å². The molecule has 2 rings (SSSR count). The lowest BCUT2D eigenvalue weighted by Crippen LogP contribution is -2.26. The smallest absolute Gasteiger partial charge is 0.0492 e. The van der Waals surface area contributed by atoms with Crippen LogP contribution in [-0.4, -0.2) is 16.3 Å². The third kappa shape index (κ3) is 1.16. The van der Waals surface area contributed by atoms with Gasteiger partial charge in [0.05, 0.1) is 0 Å². The van der Waals surface area contributed by atoms with Crippen LogP contribution in [0.3, 0.4) is 0 Å². The standard InChI is InChI=1S/C8H13N3/c9-5-7-1-2-8-3-4-10-11(8)6-7/h3-4,7H,1-2,5-6,9H2. The van der Waals surface area contributed by atoms with Crippen molar-refractivity contribution in [3.8, 4) is 0 Å².